The molecule has 0 saturated heterocycles. The van der Waals surface area contributed by atoms with E-state index in [1.54, 1.807) is 14.2 Å². The predicted molar refractivity (Wildman–Crippen MR) is 56.7 cm³/mol. The molecular formula is C10H18N4O2. The first-order chi connectivity index (χ1) is 7.66. The van der Waals surface area contributed by atoms with Gasteiger partial charge < -0.3 is 9.84 Å². The fraction of sp³-hybridized carbons (Fsp3) is 0.900. The first-order valence-electron chi connectivity index (χ1n) is 5.62. The van der Waals surface area contributed by atoms with Crippen LogP contribution in [-0.2, 0) is 18.2 Å². The van der Waals surface area contributed by atoms with Gasteiger partial charge in [-0.2, -0.15) is 4.80 Å². The third-order valence-corrected chi connectivity index (χ3v) is 3.39. The molecule has 0 aromatic carbocycles. The number of nitrogens with zero attached hydrogens (tertiary/aromatic N) is 4. The molecule has 0 bridgehead atoms. The van der Waals surface area contributed by atoms with Crippen LogP contribution < -0.4 is 0 Å². The van der Waals surface area contributed by atoms with Crippen LogP contribution in [0.25, 0.3) is 0 Å². The molecule has 0 radical (unpaired) electrons. The molecule has 1 N–H and O–H groups in total. The van der Waals surface area contributed by atoms with E-state index in [-0.39, 0.29) is 0 Å². The van der Waals surface area contributed by atoms with Crippen molar-refractivity contribution in [3.8, 4) is 0 Å². The fourth-order valence-electron chi connectivity index (χ4n) is 2.41. The molecule has 90 valence electrons. The number of ether oxygens (including phenoxy) is 1. The number of hydrogen-bond donors (Lipinski definition) is 1. The molecule has 1 aliphatic carbocycles. The zero-order chi connectivity index (χ0) is 11.6. The van der Waals surface area contributed by atoms with Crippen molar-refractivity contribution in [2.75, 3.05) is 7.11 Å². The van der Waals surface area contributed by atoms with E-state index in [2.05, 4.69) is 15.4 Å². The number of aliphatic hydroxyl groups excluding tert-OH is 1. The number of aliphatic hydroxyl groups is 1. The van der Waals surface area contributed by atoms with E-state index in [0.717, 1.165) is 25.7 Å². The average Bonchev–Trinajstić information content (AvgIpc) is 2.88. The van der Waals surface area contributed by atoms with Gasteiger partial charge in [0.05, 0.1) is 18.8 Å². The van der Waals surface area contributed by atoms with Gasteiger partial charge in [0.15, 0.2) is 5.82 Å². The average molecular weight is 226 g/mol. The van der Waals surface area contributed by atoms with Crippen LogP contribution in [0.3, 0.4) is 0 Å². The maximum Gasteiger partial charge on any atom is 0.177 e. The second kappa shape index (κ2) is 4.47. The highest BCUT2D eigenvalue weighted by atomic mass is 16.5. The van der Waals surface area contributed by atoms with E-state index in [1.807, 2.05) is 0 Å². The van der Waals surface area contributed by atoms with Crippen molar-refractivity contribution >= 4 is 0 Å². The molecule has 1 aromatic rings. The molecule has 2 rings (SSSR count). The molecule has 1 atom stereocenters. The quantitative estimate of drug-likeness (QED) is 0.786. The summed E-state index contributed by atoms with van der Waals surface area (Å²) in [6.07, 6.45) is 3.89. The molecule has 1 fully saturated rings. The standard InChI is InChI=1S/C10H18N4O2/c1-14-12-9(11-13-14)7-8(15)10(16-2)5-3-4-6-10/h8,15H,3-7H2,1-2H3. The summed E-state index contributed by atoms with van der Waals surface area (Å²) in [7, 11) is 3.38. The Bertz CT molecular complexity index is 346. The van der Waals surface area contributed by atoms with E-state index in [9.17, 15) is 5.11 Å². The molecule has 16 heavy (non-hydrogen) atoms. The van der Waals surface area contributed by atoms with E-state index >= 15 is 0 Å². The zero-order valence-electron chi connectivity index (χ0n) is 9.76. The lowest BCUT2D eigenvalue weighted by molar-refractivity contribution is -0.0977. The lowest BCUT2D eigenvalue weighted by Crippen LogP contribution is -2.43. The van der Waals surface area contributed by atoms with Gasteiger partial charge in [-0.1, -0.05) is 12.8 Å². The summed E-state index contributed by atoms with van der Waals surface area (Å²) in [5, 5.41) is 21.9. The molecule has 1 aromatic heterocycles. The van der Waals surface area contributed by atoms with E-state index in [0.29, 0.717) is 12.2 Å². The Labute approximate surface area is 94.6 Å². The SMILES string of the molecule is COC1(C(O)Cc2nnn(C)n2)CCCC1. The Hall–Kier alpha value is -1.01. The van der Waals surface area contributed by atoms with Gasteiger partial charge in [-0.15, -0.1) is 10.2 Å². The van der Waals surface area contributed by atoms with Gasteiger partial charge in [-0.05, 0) is 18.1 Å². The van der Waals surface area contributed by atoms with Crippen LogP contribution in [0.5, 0.6) is 0 Å². The zero-order valence-corrected chi connectivity index (χ0v) is 9.76. The van der Waals surface area contributed by atoms with Crippen LogP contribution in [0.15, 0.2) is 0 Å². The van der Waals surface area contributed by atoms with Crippen molar-refractivity contribution in [1.29, 1.82) is 0 Å². The lowest BCUT2D eigenvalue weighted by Gasteiger charge is -2.32. The molecule has 1 unspecified atom stereocenters. The first-order valence-corrected chi connectivity index (χ1v) is 5.62. The highest BCUT2D eigenvalue weighted by Crippen LogP contribution is 2.36. The second-order valence-electron chi connectivity index (χ2n) is 4.39. The summed E-state index contributed by atoms with van der Waals surface area (Å²) in [5.41, 5.74) is -0.404. The van der Waals surface area contributed by atoms with Crippen molar-refractivity contribution in [2.45, 2.75) is 43.8 Å². The van der Waals surface area contributed by atoms with Crippen LogP contribution in [0.2, 0.25) is 0 Å². The number of methoxy groups -OCH3 is 1. The van der Waals surface area contributed by atoms with Crippen molar-refractivity contribution in [3.05, 3.63) is 5.82 Å². The third kappa shape index (κ3) is 2.08. The Kier molecular flexibility index (Phi) is 3.20. The van der Waals surface area contributed by atoms with E-state index < -0.39 is 11.7 Å². The van der Waals surface area contributed by atoms with Gasteiger partial charge in [0.25, 0.3) is 0 Å². The molecular weight excluding hydrogens is 208 g/mol. The molecule has 1 heterocycles. The fourth-order valence-corrected chi connectivity index (χ4v) is 2.41. The van der Waals surface area contributed by atoms with Crippen molar-refractivity contribution in [1.82, 2.24) is 20.2 Å². The number of hydrogen-bond acceptors (Lipinski definition) is 5. The number of aryl methyl sites for hydroxylation is 1. The highest BCUT2D eigenvalue weighted by Gasteiger charge is 2.41. The van der Waals surface area contributed by atoms with Gasteiger partial charge in [-0.3, -0.25) is 0 Å². The largest absolute Gasteiger partial charge is 0.390 e. The number of tetrazole rings is 1. The Balaban J connectivity index is 2.03. The first kappa shape index (κ1) is 11.5. The van der Waals surface area contributed by atoms with Crippen LogP contribution in [0.4, 0.5) is 0 Å². The minimum atomic E-state index is -0.552. The molecule has 0 amide bonds. The maximum absolute atomic E-state index is 10.2. The Morgan fingerprint density at radius 3 is 2.69 bits per heavy atom. The molecule has 0 aliphatic heterocycles. The highest BCUT2D eigenvalue weighted by molar-refractivity contribution is 4.97. The van der Waals surface area contributed by atoms with Crippen molar-refractivity contribution in [3.63, 3.8) is 0 Å². The van der Waals surface area contributed by atoms with Crippen LogP contribution in [-0.4, -0.2) is 44.1 Å². The maximum atomic E-state index is 10.2. The van der Waals surface area contributed by atoms with Crippen molar-refractivity contribution < 1.29 is 9.84 Å². The number of rotatable bonds is 4. The second-order valence-corrected chi connectivity index (χ2v) is 4.39. The van der Waals surface area contributed by atoms with Crippen molar-refractivity contribution in [2.24, 2.45) is 7.05 Å². The number of aromatic nitrogens is 4. The Morgan fingerprint density at radius 2 is 2.19 bits per heavy atom. The summed E-state index contributed by atoms with van der Waals surface area (Å²) in [4.78, 5) is 1.40. The minimum Gasteiger partial charge on any atom is -0.390 e. The van der Waals surface area contributed by atoms with Crippen LogP contribution in [0, 0.1) is 0 Å². The summed E-state index contributed by atoms with van der Waals surface area (Å²) in [6.45, 7) is 0. The Morgan fingerprint density at radius 1 is 1.50 bits per heavy atom. The molecule has 0 spiro atoms. The monoisotopic (exact) mass is 226 g/mol. The van der Waals surface area contributed by atoms with E-state index in [1.165, 1.54) is 4.80 Å². The summed E-state index contributed by atoms with van der Waals surface area (Å²) in [5.74, 6) is 0.568. The molecule has 1 saturated carbocycles. The smallest absolute Gasteiger partial charge is 0.177 e. The van der Waals surface area contributed by atoms with Gasteiger partial charge in [-0.25, -0.2) is 0 Å². The summed E-state index contributed by atoms with van der Waals surface area (Å²) in [6, 6.07) is 0. The molecule has 6 nitrogen and oxygen atoms in total. The molecule has 1 aliphatic rings. The predicted octanol–water partition coefficient (Wildman–Crippen LogP) is 0.0727. The molecule has 6 heteroatoms. The normalized spacial score (nSPS) is 21.2. The lowest BCUT2D eigenvalue weighted by atomic mass is 9.92. The van der Waals surface area contributed by atoms with Gasteiger partial charge in [0.2, 0.25) is 0 Å². The van der Waals surface area contributed by atoms with Gasteiger partial charge >= 0.3 is 0 Å². The summed E-state index contributed by atoms with van der Waals surface area (Å²) < 4.78 is 5.51. The van der Waals surface area contributed by atoms with Crippen LogP contribution >= 0.6 is 0 Å². The third-order valence-electron chi connectivity index (χ3n) is 3.39. The van der Waals surface area contributed by atoms with E-state index in [4.69, 9.17) is 4.74 Å². The summed E-state index contributed by atoms with van der Waals surface area (Å²) >= 11 is 0. The topological polar surface area (TPSA) is 73.1 Å². The van der Waals surface area contributed by atoms with Crippen LogP contribution in [0.1, 0.15) is 31.5 Å². The van der Waals surface area contributed by atoms with Gasteiger partial charge in [0.1, 0.15) is 0 Å². The van der Waals surface area contributed by atoms with Gasteiger partial charge in [0, 0.05) is 13.5 Å². The minimum absolute atomic E-state index is 0.404.